The van der Waals surface area contributed by atoms with Crippen molar-refractivity contribution in [2.75, 3.05) is 19.7 Å². The number of hydrogen-bond acceptors (Lipinski definition) is 6. The van der Waals surface area contributed by atoms with Gasteiger partial charge in [-0.1, -0.05) is 77.1 Å². The lowest BCUT2D eigenvalue weighted by Crippen LogP contribution is -2.50. The van der Waals surface area contributed by atoms with Gasteiger partial charge in [-0.3, -0.25) is 0 Å². The maximum Gasteiger partial charge on any atom is 0.407 e. The maximum atomic E-state index is 12.7. The first-order valence-corrected chi connectivity index (χ1v) is 18.6. The predicted molar refractivity (Wildman–Crippen MR) is 179 cm³/mol. The first kappa shape index (κ1) is 36.8. The van der Waals surface area contributed by atoms with Gasteiger partial charge in [0.2, 0.25) is 0 Å². The van der Waals surface area contributed by atoms with Gasteiger partial charge in [-0.2, -0.15) is 0 Å². The number of ether oxygens (including phenoxy) is 2. The summed E-state index contributed by atoms with van der Waals surface area (Å²) < 4.78 is 17.8. The highest BCUT2D eigenvalue weighted by Gasteiger charge is 2.37. The summed E-state index contributed by atoms with van der Waals surface area (Å²) in [7, 11) is -1.74. The molecular formula is C35H58N2O5Si. The second-order valence-corrected chi connectivity index (χ2v) is 19.8. The Bertz CT molecular complexity index is 1090. The monoisotopic (exact) mass is 614 g/mol. The molecule has 3 N–H and O–H groups in total. The number of amides is 1. The highest BCUT2D eigenvalue weighted by atomic mass is 28.4. The van der Waals surface area contributed by atoms with Gasteiger partial charge < -0.3 is 29.6 Å². The number of rotatable bonds is 16. The molecule has 0 aliphatic rings. The van der Waals surface area contributed by atoms with Gasteiger partial charge in [0.15, 0.2) is 8.32 Å². The van der Waals surface area contributed by atoms with Crippen LogP contribution in [0.2, 0.25) is 18.1 Å². The largest absolute Gasteiger partial charge is 0.489 e. The fourth-order valence-corrected chi connectivity index (χ4v) is 5.43. The summed E-state index contributed by atoms with van der Waals surface area (Å²) in [5, 5.41) is 17.7. The third kappa shape index (κ3) is 14.3. The molecule has 2 atom stereocenters. The van der Waals surface area contributed by atoms with Gasteiger partial charge in [0, 0.05) is 19.7 Å². The smallest absolute Gasteiger partial charge is 0.407 e. The van der Waals surface area contributed by atoms with Crippen LogP contribution in [0.4, 0.5) is 4.79 Å². The molecule has 0 aliphatic heterocycles. The number of carbonyl (C=O) groups excluding carboxylic acids is 1. The molecule has 0 bridgehead atoms. The number of alkyl carbamates (subject to hydrolysis) is 1. The number of carbonyl (C=O) groups is 1. The van der Waals surface area contributed by atoms with Crippen LogP contribution in [-0.4, -0.2) is 57.0 Å². The number of aliphatic hydroxyl groups excluding tert-OH is 1. The SMILES string of the molecule is CC(C)(CCCO[Si](C)(C)C(C)(C)C)CNC[C@@H](O)[C@H](Cc1ccc(OCc2ccccc2)cc1)NC(=O)OC(C)(C)C. The van der Waals surface area contributed by atoms with Crippen LogP contribution in [0.5, 0.6) is 5.75 Å². The zero-order valence-corrected chi connectivity index (χ0v) is 29.4. The van der Waals surface area contributed by atoms with Gasteiger partial charge in [-0.25, -0.2) is 4.79 Å². The van der Waals surface area contributed by atoms with E-state index in [0.717, 1.165) is 42.9 Å². The van der Waals surface area contributed by atoms with Crippen LogP contribution in [-0.2, 0) is 22.2 Å². The molecule has 0 unspecified atom stereocenters. The van der Waals surface area contributed by atoms with Crippen molar-refractivity contribution in [1.29, 1.82) is 0 Å². The number of hydrogen-bond donors (Lipinski definition) is 3. The van der Waals surface area contributed by atoms with E-state index in [1.807, 2.05) is 75.4 Å². The molecule has 2 aromatic carbocycles. The lowest BCUT2D eigenvalue weighted by atomic mass is 9.88. The summed E-state index contributed by atoms with van der Waals surface area (Å²) in [5.41, 5.74) is 1.49. The molecule has 242 valence electrons. The molecule has 2 rings (SSSR count). The van der Waals surface area contributed by atoms with Crippen LogP contribution in [0.1, 0.15) is 79.4 Å². The predicted octanol–water partition coefficient (Wildman–Crippen LogP) is 7.48. The second kappa shape index (κ2) is 16.1. The normalized spacial score (nSPS) is 14.2. The molecule has 1 amide bonds. The minimum atomic E-state index is -1.74. The Labute approximate surface area is 262 Å². The minimum Gasteiger partial charge on any atom is -0.489 e. The van der Waals surface area contributed by atoms with Gasteiger partial charge in [0.05, 0.1) is 12.1 Å². The Hall–Kier alpha value is -2.39. The van der Waals surface area contributed by atoms with Crippen molar-refractivity contribution in [3.05, 3.63) is 65.7 Å². The van der Waals surface area contributed by atoms with Crippen molar-refractivity contribution in [2.24, 2.45) is 5.41 Å². The highest BCUT2D eigenvalue weighted by molar-refractivity contribution is 6.74. The van der Waals surface area contributed by atoms with Gasteiger partial charge in [0.25, 0.3) is 0 Å². The first-order chi connectivity index (χ1) is 19.9. The third-order valence-corrected chi connectivity index (χ3v) is 12.6. The molecule has 0 aliphatic carbocycles. The van der Waals surface area contributed by atoms with Crippen molar-refractivity contribution in [3.63, 3.8) is 0 Å². The second-order valence-electron chi connectivity index (χ2n) is 14.9. The van der Waals surface area contributed by atoms with E-state index in [4.69, 9.17) is 13.9 Å². The quantitative estimate of drug-likeness (QED) is 0.134. The Morgan fingerprint density at radius 3 is 2.12 bits per heavy atom. The Balaban J connectivity index is 1.93. The molecule has 0 fully saturated rings. The van der Waals surface area contributed by atoms with Crippen molar-refractivity contribution in [3.8, 4) is 5.75 Å². The molecule has 43 heavy (non-hydrogen) atoms. The highest BCUT2D eigenvalue weighted by Crippen LogP contribution is 2.36. The van der Waals surface area contributed by atoms with E-state index in [2.05, 4.69) is 58.3 Å². The average molecular weight is 615 g/mol. The standard InChI is InChI=1S/C35H58N2O5Si/c1-33(2,3)42-32(39)37-30(23-27-17-19-29(20-18-27)40-25-28-15-12-11-13-16-28)31(38)24-36-26-35(7,8)21-14-22-41-43(9,10)34(4,5)6/h11-13,15-20,30-31,36,38H,14,21-26H2,1-10H3,(H,37,39)/t30-,31+/m0/s1. The maximum absolute atomic E-state index is 12.7. The van der Waals surface area contributed by atoms with E-state index >= 15 is 0 Å². The van der Waals surface area contributed by atoms with Crippen molar-refractivity contribution in [2.45, 2.75) is 117 Å². The van der Waals surface area contributed by atoms with Crippen LogP contribution in [0.25, 0.3) is 0 Å². The molecule has 0 aromatic heterocycles. The Morgan fingerprint density at radius 2 is 1.53 bits per heavy atom. The van der Waals surface area contributed by atoms with E-state index in [1.165, 1.54) is 0 Å². The van der Waals surface area contributed by atoms with Crippen LogP contribution in [0.15, 0.2) is 54.6 Å². The van der Waals surface area contributed by atoms with Gasteiger partial charge in [-0.15, -0.1) is 0 Å². The minimum absolute atomic E-state index is 0.0418. The zero-order valence-electron chi connectivity index (χ0n) is 28.4. The van der Waals surface area contributed by atoms with Gasteiger partial charge in [0.1, 0.15) is 18.0 Å². The van der Waals surface area contributed by atoms with Crippen molar-refractivity contribution in [1.82, 2.24) is 10.6 Å². The molecule has 8 heteroatoms. The fraction of sp³-hybridized carbons (Fsp3) is 0.629. The third-order valence-electron chi connectivity index (χ3n) is 8.02. The van der Waals surface area contributed by atoms with E-state index < -0.39 is 32.2 Å². The van der Waals surface area contributed by atoms with E-state index in [-0.39, 0.29) is 10.5 Å². The summed E-state index contributed by atoms with van der Waals surface area (Å²) >= 11 is 0. The summed E-state index contributed by atoms with van der Waals surface area (Å²) in [5.74, 6) is 0.767. The average Bonchev–Trinajstić information content (AvgIpc) is 2.89. The Morgan fingerprint density at radius 1 is 0.907 bits per heavy atom. The van der Waals surface area contributed by atoms with Crippen molar-refractivity contribution >= 4 is 14.4 Å². The molecule has 0 heterocycles. The van der Waals surface area contributed by atoms with Crippen molar-refractivity contribution < 1.29 is 23.8 Å². The Kier molecular flexibility index (Phi) is 13.8. The molecular weight excluding hydrogens is 556 g/mol. The van der Waals surface area contributed by atoms with Crippen LogP contribution < -0.4 is 15.4 Å². The van der Waals surface area contributed by atoms with E-state index in [1.54, 1.807) is 0 Å². The number of nitrogens with one attached hydrogen (secondary N) is 2. The fourth-order valence-electron chi connectivity index (χ4n) is 4.34. The van der Waals surface area contributed by atoms with E-state index in [0.29, 0.717) is 19.6 Å². The summed E-state index contributed by atoms with van der Waals surface area (Å²) in [6.07, 6.45) is 1.12. The first-order valence-electron chi connectivity index (χ1n) is 15.6. The van der Waals surface area contributed by atoms with Crippen LogP contribution >= 0.6 is 0 Å². The number of aliphatic hydroxyl groups is 1. The molecule has 0 saturated carbocycles. The van der Waals surface area contributed by atoms with E-state index in [9.17, 15) is 9.90 Å². The summed E-state index contributed by atoms with van der Waals surface area (Å²) in [4.78, 5) is 12.7. The summed E-state index contributed by atoms with van der Waals surface area (Å²) in [6.45, 7) is 23.7. The molecule has 0 saturated heterocycles. The zero-order chi connectivity index (χ0) is 32.3. The molecule has 0 spiro atoms. The lowest BCUT2D eigenvalue weighted by molar-refractivity contribution is 0.0419. The summed E-state index contributed by atoms with van der Waals surface area (Å²) in [6, 6.07) is 17.3. The lowest BCUT2D eigenvalue weighted by Gasteiger charge is -2.36. The van der Waals surface area contributed by atoms with Crippen LogP contribution in [0, 0.1) is 5.41 Å². The van der Waals surface area contributed by atoms with Gasteiger partial charge in [-0.05, 0) is 86.8 Å². The molecule has 7 nitrogen and oxygen atoms in total. The number of benzene rings is 2. The molecule has 0 radical (unpaired) electrons. The topological polar surface area (TPSA) is 89.0 Å². The van der Waals surface area contributed by atoms with Crippen LogP contribution in [0.3, 0.4) is 0 Å². The van der Waals surface area contributed by atoms with Gasteiger partial charge >= 0.3 is 6.09 Å². The molecule has 2 aromatic rings.